The molecule has 0 saturated heterocycles. The number of fused-ring (bicyclic) bond motifs is 2. The summed E-state index contributed by atoms with van der Waals surface area (Å²) in [7, 11) is 0. The van der Waals surface area contributed by atoms with Gasteiger partial charge < -0.3 is 14.8 Å². The molecule has 2 heterocycles. The van der Waals surface area contributed by atoms with Crippen LogP contribution in [0.1, 0.15) is 21.5 Å². The number of rotatable bonds is 2. The predicted molar refractivity (Wildman–Crippen MR) is 79.2 cm³/mol. The first kappa shape index (κ1) is 13.1. The fourth-order valence-electron chi connectivity index (χ4n) is 2.95. The van der Waals surface area contributed by atoms with Crippen molar-refractivity contribution in [2.45, 2.75) is 12.8 Å². The van der Waals surface area contributed by atoms with E-state index in [9.17, 15) is 9.18 Å². The number of carbonyl (C=O) groups is 1. The summed E-state index contributed by atoms with van der Waals surface area (Å²) in [4.78, 5) is 12.7. The Bertz CT molecular complexity index is 723. The van der Waals surface area contributed by atoms with Gasteiger partial charge in [0.2, 0.25) is 0 Å². The summed E-state index contributed by atoms with van der Waals surface area (Å²) in [5.74, 6) is 0.848. The normalized spacial score (nSPS) is 14.8. The summed E-state index contributed by atoms with van der Waals surface area (Å²) in [5, 5.41) is 2.80. The topological polar surface area (TPSA) is 47.6 Å². The summed E-state index contributed by atoms with van der Waals surface area (Å²) < 4.78 is 24.2. The van der Waals surface area contributed by atoms with Gasteiger partial charge in [-0.3, -0.25) is 4.79 Å². The molecule has 2 aliphatic rings. The lowest BCUT2D eigenvalue weighted by Crippen LogP contribution is -2.15. The van der Waals surface area contributed by atoms with Gasteiger partial charge in [-0.25, -0.2) is 4.39 Å². The monoisotopic (exact) mass is 299 g/mol. The first-order chi connectivity index (χ1) is 10.7. The Kier molecular flexibility index (Phi) is 2.99. The fourth-order valence-corrected chi connectivity index (χ4v) is 2.95. The Morgan fingerprint density at radius 3 is 2.68 bits per heavy atom. The maximum atomic E-state index is 13.0. The van der Waals surface area contributed by atoms with E-state index < -0.39 is 0 Å². The quantitative estimate of drug-likeness (QED) is 0.927. The van der Waals surface area contributed by atoms with Gasteiger partial charge in [0.25, 0.3) is 5.91 Å². The first-order valence-electron chi connectivity index (χ1n) is 7.23. The van der Waals surface area contributed by atoms with E-state index in [-0.39, 0.29) is 11.7 Å². The van der Waals surface area contributed by atoms with E-state index >= 15 is 0 Å². The number of hydrogen-bond acceptors (Lipinski definition) is 3. The van der Waals surface area contributed by atoms with Crippen molar-refractivity contribution in [3.05, 3.63) is 52.8 Å². The maximum absolute atomic E-state index is 13.0. The maximum Gasteiger partial charge on any atom is 0.259 e. The van der Waals surface area contributed by atoms with Crippen LogP contribution >= 0.6 is 0 Å². The zero-order valence-electron chi connectivity index (χ0n) is 11.8. The Hall–Kier alpha value is -2.56. The Labute approximate surface area is 126 Å². The highest BCUT2D eigenvalue weighted by atomic mass is 19.1. The summed E-state index contributed by atoms with van der Waals surface area (Å²) in [6, 6.07) is 7.67. The molecule has 4 nitrogen and oxygen atoms in total. The van der Waals surface area contributed by atoms with Crippen molar-refractivity contribution in [3.8, 4) is 11.5 Å². The van der Waals surface area contributed by atoms with Crippen LogP contribution in [0, 0.1) is 5.82 Å². The van der Waals surface area contributed by atoms with Crippen LogP contribution in [0.5, 0.6) is 11.5 Å². The van der Waals surface area contributed by atoms with Crippen LogP contribution < -0.4 is 14.8 Å². The summed E-state index contributed by atoms with van der Waals surface area (Å²) in [5.41, 5.74) is 2.99. The highest BCUT2D eigenvalue weighted by molar-refractivity contribution is 6.08. The van der Waals surface area contributed by atoms with E-state index in [2.05, 4.69) is 5.32 Å². The average Bonchev–Trinajstić information content (AvgIpc) is 3.15. The summed E-state index contributed by atoms with van der Waals surface area (Å²) in [6.07, 6.45) is 1.47. The van der Waals surface area contributed by atoms with Gasteiger partial charge in [0.05, 0.1) is 18.8 Å². The van der Waals surface area contributed by atoms with E-state index in [1.165, 1.54) is 24.3 Å². The smallest absolute Gasteiger partial charge is 0.259 e. The molecule has 0 atom stereocenters. The molecule has 0 radical (unpaired) electrons. The van der Waals surface area contributed by atoms with E-state index in [0.717, 1.165) is 23.3 Å². The average molecular weight is 299 g/mol. The van der Waals surface area contributed by atoms with Gasteiger partial charge in [-0.15, -0.1) is 0 Å². The lowest BCUT2D eigenvalue weighted by atomic mass is 9.99. The lowest BCUT2D eigenvalue weighted by Gasteiger charge is -2.13. The Balaban J connectivity index is 1.73. The second kappa shape index (κ2) is 5.02. The third-order valence-electron chi connectivity index (χ3n) is 3.98. The minimum atomic E-state index is -0.337. The molecule has 2 aliphatic heterocycles. The number of hydrogen-bond donors (Lipinski definition) is 1. The Morgan fingerprint density at radius 2 is 1.86 bits per heavy atom. The number of benzene rings is 2. The van der Waals surface area contributed by atoms with Crippen molar-refractivity contribution >= 4 is 11.6 Å². The molecular weight excluding hydrogens is 285 g/mol. The van der Waals surface area contributed by atoms with E-state index in [1.54, 1.807) is 0 Å². The summed E-state index contributed by atoms with van der Waals surface area (Å²) >= 11 is 0. The molecule has 0 aromatic heterocycles. The zero-order chi connectivity index (χ0) is 15.1. The third kappa shape index (κ3) is 2.09. The van der Waals surface area contributed by atoms with E-state index in [4.69, 9.17) is 9.47 Å². The Morgan fingerprint density at radius 1 is 1.09 bits per heavy atom. The fraction of sp³-hybridized carbons (Fsp3) is 0.235. The van der Waals surface area contributed by atoms with Crippen LogP contribution in [0.15, 0.2) is 30.3 Å². The number of halogens is 1. The molecule has 0 aliphatic carbocycles. The standard InChI is InChI=1S/C17H14FNO3/c18-11-1-3-12(4-2-11)19-17(20)15-13-6-8-21-14(13)9-10-5-7-22-16(10)15/h1-4,9H,5-8H2,(H,19,20). The van der Waals surface area contributed by atoms with Gasteiger partial charge in [0, 0.05) is 29.7 Å². The van der Waals surface area contributed by atoms with Crippen LogP contribution in [0.25, 0.3) is 0 Å². The molecule has 4 rings (SSSR count). The lowest BCUT2D eigenvalue weighted by molar-refractivity contribution is 0.102. The van der Waals surface area contributed by atoms with E-state index in [1.807, 2.05) is 6.07 Å². The number of nitrogens with one attached hydrogen (secondary N) is 1. The van der Waals surface area contributed by atoms with Gasteiger partial charge in [0.1, 0.15) is 17.3 Å². The molecule has 1 N–H and O–H groups in total. The number of amides is 1. The predicted octanol–water partition coefficient (Wildman–Crippen LogP) is 2.95. The molecule has 1 amide bonds. The molecule has 0 fully saturated rings. The van der Waals surface area contributed by atoms with Gasteiger partial charge in [0.15, 0.2) is 0 Å². The third-order valence-corrected chi connectivity index (χ3v) is 3.98. The molecule has 0 unspecified atom stereocenters. The van der Waals surface area contributed by atoms with Crippen molar-refractivity contribution in [2.24, 2.45) is 0 Å². The highest BCUT2D eigenvalue weighted by Crippen LogP contribution is 2.40. The molecule has 0 spiro atoms. The second-order valence-corrected chi connectivity index (χ2v) is 5.37. The number of anilines is 1. The SMILES string of the molecule is O=C(Nc1ccc(F)cc1)c1c2c(cc3c1OCC3)OCC2. The van der Waals surface area contributed by atoms with E-state index in [0.29, 0.717) is 36.6 Å². The van der Waals surface area contributed by atoms with Gasteiger partial charge in [-0.2, -0.15) is 0 Å². The second-order valence-electron chi connectivity index (χ2n) is 5.37. The van der Waals surface area contributed by atoms with Crippen LogP contribution in [0.4, 0.5) is 10.1 Å². The minimum Gasteiger partial charge on any atom is -0.493 e. The van der Waals surface area contributed by atoms with Gasteiger partial charge in [-0.05, 0) is 30.3 Å². The van der Waals surface area contributed by atoms with Crippen LogP contribution in [0.3, 0.4) is 0 Å². The van der Waals surface area contributed by atoms with Crippen molar-refractivity contribution < 1.29 is 18.7 Å². The van der Waals surface area contributed by atoms with Crippen LogP contribution in [-0.2, 0) is 12.8 Å². The van der Waals surface area contributed by atoms with Gasteiger partial charge in [-0.1, -0.05) is 0 Å². The number of carbonyl (C=O) groups excluding carboxylic acids is 1. The molecule has 0 saturated carbocycles. The van der Waals surface area contributed by atoms with Crippen LogP contribution in [0.2, 0.25) is 0 Å². The molecule has 112 valence electrons. The minimum absolute atomic E-state index is 0.243. The molecule has 22 heavy (non-hydrogen) atoms. The molecule has 2 aromatic rings. The van der Waals surface area contributed by atoms with Crippen molar-refractivity contribution in [3.63, 3.8) is 0 Å². The van der Waals surface area contributed by atoms with Crippen molar-refractivity contribution in [1.29, 1.82) is 0 Å². The molecule has 2 aromatic carbocycles. The van der Waals surface area contributed by atoms with Crippen molar-refractivity contribution in [1.82, 2.24) is 0 Å². The largest absolute Gasteiger partial charge is 0.493 e. The van der Waals surface area contributed by atoms with Gasteiger partial charge >= 0.3 is 0 Å². The van der Waals surface area contributed by atoms with Crippen molar-refractivity contribution in [2.75, 3.05) is 18.5 Å². The molecule has 5 heteroatoms. The summed E-state index contributed by atoms with van der Waals surface area (Å²) in [6.45, 7) is 1.16. The zero-order valence-corrected chi connectivity index (χ0v) is 11.8. The number of ether oxygens (including phenoxy) is 2. The van der Waals surface area contributed by atoms with Crippen LogP contribution in [-0.4, -0.2) is 19.1 Å². The first-order valence-corrected chi connectivity index (χ1v) is 7.23. The molecule has 0 bridgehead atoms. The highest BCUT2D eigenvalue weighted by Gasteiger charge is 2.30. The molecular formula is C17H14FNO3.